The molecule has 4 nitrogen and oxygen atoms in total. The van der Waals surface area contributed by atoms with Crippen molar-refractivity contribution in [3.05, 3.63) is 21.9 Å². The maximum atomic E-state index is 12.1. The van der Waals surface area contributed by atoms with Gasteiger partial charge in [-0.15, -0.1) is 11.3 Å². The Morgan fingerprint density at radius 1 is 1.43 bits per heavy atom. The average Bonchev–Trinajstić information content (AvgIpc) is 2.95. The predicted octanol–water partition coefficient (Wildman–Crippen LogP) is 3.43. The third-order valence-corrected chi connectivity index (χ3v) is 5.45. The molecule has 1 N–H and O–H groups in total. The van der Waals surface area contributed by atoms with Crippen molar-refractivity contribution in [3.8, 4) is 0 Å². The molecule has 0 spiro atoms. The molecule has 5 heteroatoms. The van der Waals surface area contributed by atoms with Gasteiger partial charge < -0.3 is 10.0 Å². The minimum atomic E-state index is -0.877. The fraction of sp³-hybridized carbons (Fsp3) is 0.625. The van der Waals surface area contributed by atoms with Gasteiger partial charge in [-0.1, -0.05) is 27.7 Å². The molecule has 0 aromatic carbocycles. The molecule has 2 atom stereocenters. The molecule has 2 rings (SSSR count). The molecule has 116 valence electrons. The summed E-state index contributed by atoms with van der Waals surface area (Å²) in [5.74, 6) is -1.55. The number of hydrogen-bond donors (Lipinski definition) is 1. The second-order valence-electron chi connectivity index (χ2n) is 6.63. The highest BCUT2D eigenvalue weighted by Gasteiger charge is 2.45. The van der Waals surface area contributed by atoms with E-state index in [0.29, 0.717) is 6.54 Å². The molecule has 0 radical (unpaired) electrons. The van der Waals surface area contributed by atoms with Crippen LogP contribution in [0.4, 0.5) is 0 Å². The summed E-state index contributed by atoms with van der Waals surface area (Å²) in [5, 5.41) is 9.44. The monoisotopic (exact) mass is 309 g/mol. The van der Waals surface area contributed by atoms with Gasteiger partial charge in [-0.25, -0.2) is 0 Å². The number of carboxylic acids is 1. The lowest BCUT2D eigenvalue weighted by Gasteiger charge is -2.26. The smallest absolute Gasteiger partial charge is 0.309 e. The zero-order valence-corrected chi connectivity index (χ0v) is 13.9. The molecule has 21 heavy (non-hydrogen) atoms. The van der Waals surface area contributed by atoms with Crippen LogP contribution in [0.15, 0.2) is 12.1 Å². The van der Waals surface area contributed by atoms with E-state index in [1.165, 1.54) is 4.88 Å². The van der Waals surface area contributed by atoms with Gasteiger partial charge in [0, 0.05) is 22.7 Å². The van der Waals surface area contributed by atoms with E-state index in [-0.39, 0.29) is 23.8 Å². The zero-order valence-electron chi connectivity index (χ0n) is 13.0. The lowest BCUT2D eigenvalue weighted by molar-refractivity contribution is -0.142. The van der Waals surface area contributed by atoms with Gasteiger partial charge in [0.15, 0.2) is 0 Å². The first-order valence-corrected chi connectivity index (χ1v) is 8.19. The van der Waals surface area contributed by atoms with E-state index < -0.39 is 11.9 Å². The molecule has 0 saturated carbocycles. The maximum Gasteiger partial charge on any atom is 0.309 e. The minimum absolute atomic E-state index is 0.0415. The van der Waals surface area contributed by atoms with Crippen molar-refractivity contribution in [3.63, 3.8) is 0 Å². The van der Waals surface area contributed by atoms with E-state index in [2.05, 4.69) is 26.8 Å². The third-order valence-electron chi connectivity index (χ3n) is 3.87. The fourth-order valence-electron chi connectivity index (χ4n) is 2.78. The summed E-state index contributed by atoms with van der Waals surface area (Å²) in [6, 6.07) is 3.75. The molecule has 1 aromatic rings. The first-order valence-electron chi connectivity index (χ1n) is 7.38. The number of aliphatic carboxylic acids is 1. The van der Waals surface area contributed by atoms with Gasteiger partial charge in [-0.3, -0.25) is 9.59 Å². The third kappa shape index (κ3) is 3.12. The second kappa shape index (κ2) is 5.79. The average molecular weight is 309 g/mol. The quantitative estimate of drug-likeness (QED) is 0.927. The van der Waals surface area contributed by atoms with E-state index in [1.807, 2.05) is 13.0 Å². The molecule has 1 saturated heterocycles. The maximum absolute atomic E-state index is 12.1. The molecule has 2 heterocycles. The largest absolute Gasteiger partial charge is 0.481 e. The summed E-state index contributed by atoms with van der Waals surface area (Å²) in [6.07, 6.45) is 0.953. The second-order valence-corrected chi connectivity index (χ2v) is 7.75. The van der Waals surface area contributed by atoms with Gasteiger partial charge in [0.1, 0.15) is 0 Å². The van der Waals surface area contributed by atoms with Gasteiger partial charge in [0.25, 0.3) is 0 Å². The van der Waals surface area contributed by atoms with Crippen LogP contribution >= 0.6 is 11.3 Å². The summed E-state index contributed by atoms with van der Waals surface area (Å²) in [7, 11) is 0. The molecule has 2 unspecified atom stereocenters. The number of thiophene rings is 1. The molecule has 1 fully saturated rings. The van der Waals surface area contributed by atoms with Crippen LogP contribution in [0.1, 0.15) is 56.3 Å². The van der Waals surface area contributed by atoms with Crippen LogP contribution in [0.2, 0.25) is 0 Å². The Balaban J connectivity index is 2.38. The number of hydrogen-bond acceptors (Lipinski definition) is 3. The molecule has 0 bridgehead atoms. The van der Waals surface area contributed by atoms with E-state index in [1.54, 1.807) is 16.2 Å². The molecular weight excluding hydrogens is 286 g/mol. The van der Waals surface area contributed by atoms with Crippen molar-refractivity contribution in [1.29, 1.82) is 0 Å². The van der Waals surface area contributed by atoms with Crippen molar-refractivity contribution in [2.24, 2.45) is 5.92 Å². The van der Waals surface area contributed by atoms with Gasteiger partial charge in [0.2, 0.25) is 5.91 Å². The number of nitrogens with zero attached hydrogens (tertiary/aromatic N) is 1. The lowest BCUT2D eigenvalue weighted by atomic mass is 9.94. The molecular formula is C16H23NO3S. The van der Waals surface area contributed by atoms with Crippen LogP contribution in [0.3, 0.4) is 0 Å². The van der Waals surface area contributed by atoms with E-state index >= 15 is 0 Å². The Morgan fingerprint density at radius 2 is 2.10 bits per heavy atom. The van der Waals surface area contributed by atoms with E-state index in [0.717, 1.165) is 11.3 Å². The van der Waals surface area contributed by atoms with Crippen LogP contribution < -0.4 is 0 Å². The number of amides is 1. The standard InChI is InChI=1S/C16H23NO3S/c1-5-8-17-13(18)9-10(15(19)20)14(17)11-6-7-12(21-11)16(2,3)4/h6-7,10,14H,5,8-9H2,1-4H3,(H,19,20). The minimum Gasteiger partial charge on any atom is -0.481 e. The van der Waals surface area contributed by atoms with Crippen molar-refractivity contribution in [1.82, 2.24) is 4.90 Å². The normalized spacial score (nSPS) is 22.9. The number of carbonyl (C=O) groups excluding carboxylic acids is 1. The fourth-order valence-corrected chi connectivity index (χ4v) is 4.03. The summed E-state index contributed by atoms with van der Waals surface area (Å²) in [5.41, 5.74) is 0.0415. The number of rotatable bonds is 4. The number of carboxylic acid groups (broad SMARTS) is 1. The molecule has 1 aliphatic rings. The lowest BCUT2D eigenvalue weighted by Crippen LogP contribution is -2.30. The Morgan fingerprint density at radius 3 is 2.57 bits per heavy atom. The predicted molar refractivity (Wildman–Crippen MR) is 83.5 cm³/mol. The SMILES string of the molecule is CCCN1C(=O)CC(C(=O)O)C1c1ccc(C(C)(C)C)s1. The molecule has 0 aliphatic carbocycles. The van der Waals surface area contributed by atoms with Crippen LogP contribution in [-0.4, -0.2) is 28.4 Å². The summed E-state index contributed by atoms with van der Waals surface area (Å²) in [4.78, 5) is 27.6. The molecule has 1 aliphatic heterocycles. The highest BCUT2D eigenvalue weighted by molar-refractivity contribution is 7.12. The Kier molecular flexibility index (Phi) is 4.42. The first-order chi connectivity index (χ1) is 9.75. The highest BCUT2D eigenvalue weighted by atomic mass is 32.1. The summed E-state index contributed by atoms with van der Waals surface area (Å²) >= 11 is 1.63. The van der Waals surface area contributed by atoms with Gasteiger partial charge in [-0.05, 0) is 24.0 Å². The Hall–Kier alpha value is -1.36. The van der Waals surface area contributed by atoms with Crippen LogP contribution in [0.25, 0.3) is 0 Å². The van der Waals surface area contributed by atoms with Gasteiger partial charge >= 0.3 is 5.97 Å². The summed E-state index contributed by atoms with van der Waals surface area (Å²) in [6.45, 7) is 9.05. The van der Waals surface area contributed by atoms with Gasteiger partial charge in [0.05, 0.1) is 12.0 Å². The van der Waals surface area contributed by atoms with Gasteiger partial charge in [-0.2, -0.15) is 0 Å². The van der Waals surface area contributed by atoms with E-state index in [4.69, 9.17) is 0 Å². The van der Waals surface area contributed by atoms with Crippen LogP contribution in [0.5, 0.6) is 0 Å². The Labute approximate surface area is 129 Å². The Bertz CT molecular complexity index is 544. The van der Waals surface area contributed by atoms with Crippen LogP contribution in [0, 0.1) is 5.92 Å². The van der Waals surface area contributed by atoms with E-state index in [9.17, 15) is 14.7 Å². The zero-order chi connectivity index (χ0) is 15.8. The highest BCUT2D eigenvalue weighted by Crippen LogP contribution is 2.43. The topological polar surface area (TPSA) is 57.6 Å². The van der Waals surface area contributed by atoms with Crippen molar-refractivity contribution < 1.29 is 14.7 Å². The van der Waals surface area contributed by atoms with Crippen LogP contribution in [-0.2, 0) is 15.0 Å². The number of carbonyl (C=O) groups is 2. The molecule has 1 aromatic heterocycles. The molecule has 1 amide bonds. The van der Waals surface area contributed by atoms with Crippen molar-refractivity contribution in [2.45, 2.75) is 52.0 Å². The van der Waals surface area contributed by atoms with Crippen molar-refractivity contribution in [2.75, 3.05) is 6.54 Å². The summed E-state index contributed by atoms with van der Waals surface area (Å²) < 4.78 is 0. The van der Waals surface area contributed by atoms with Crippen molar-refractivity contribution >= 4 is 23.2 Å². The first kappa shape index (κ1) is 16.0. The number of likely N-dealkylation sites (tertiary alicyclic amines) is 1.